The zero-order valence-electron chi connectivity index (χ0n) is 21.9. The second-order valence-corrected chi connectivity index (χ2v) is 10.2. The number of imidazole rings is 1. The van der Waals surface area contributed by atoms with Crippen LogP contribution in [0.1, 0.15) is 47.6 Å². The number of hydrogen-bond acceptors (Lipinski definition) is 6. The fraction of sp³-hybridized carbons (Fsp3) is 0.464. The number of benzene rings is 2. The Morgan fingerprint density at radius 1 is 1.18 bits per heavy atom. The van der Waals surface area contributed by atoms with Crippen molar-refractivity contribution < 1.29 is 19.1 Å². The molecule has 10 heteroatoms. The van der Waals surface area contributed by atoms with Gasteiger partial charge in [-0.2, -0.15) is 0 Å². The first-order valence-electron chi connectivity index (χ1n) is 13.2. The number of fused-ring (bicyclic) bond motifs is 1. The monoisotopic (exact) mass is 521 g/mol. The lowest BCUT2D eigenvalue weighted by Gasteiger charge is -2.28. The van der Waals surface area contributed by atoms with Crippen LogP contribution in [0.3, 0.4) is 0 Å². The molecule has 4 N–H and O–H groups in total. The number of methoxy groups -OCH3 is 1. The molecule has 2 heterocycles. The minimum absolute atomic E-state index is 0.0245. The maximum Gasteiger partial charge on any atom is 0.329 e. The molecule has 2 fully saturated rings. The highest BCUT2D eigenvalue weighted by atomic mass is 16.5. The first kappa shape index (κ1) is 26.0. The van der Waals surface area contributed by atoms with E-state index in [2.05, 4.69) is 10.6 Å². The lowest BCUT2D eigenvalue weighted by atomic mass is 9.85. The van der Waals surface area contributed by atoms with Crippen LogP contribution in [0.5, 0.6) is 5.75 Å². The van der Waals surface area contributed by atoms with Crippen molar-refractivity contribution in [3.05, 3.63) is 58.0 Å². The van der Waals surface area contributed by atoms with Gasteiger partial charge in [-0.15, -0.1) is 0 Å². The Kier molecular flexibility index (Phi) is 7.53. The van der Waals surface area contributed by atoms with E-state index in [1.807, 2.05) is 31.2 Å². The standard InChI is InChI=1S/C28H35N5O5/c1-17-6-9-19(14-24(17)37-2)31-27(35)18-7-10-21(11-8-18)33-23-5-3-4-22(26(29)34)25(23)32(28(33)36)15-20-16-38-13-12-30-20/h3-6,9,14,18,20-21,30H,7-8,10-13,15-16H2,1-2H3,(H2,29,34)(H,31,35)/t18-,20?,21+. The smallest absolute Gasteiger partial charge is 0.329 e. The second kappa shape index (κ2) is 11.0. The maximum absolute atomic E-state index is 13.8. The van der Waals surface area contributed by atoms with Gasteiger partial charge in [-0.3, -0.25) is 18.7 Å². The zero-order valence-corrected chi connectivity index (χ0v) is 21.9. The van der Waals surface area contributed by atoms with E-state index in [9.17, 15) is 14.4 Å². The van der Waals surface area contributed by atoms with Crippen molar-refractivity contribution in [2.24, 2.45) is 11.7 Å². The highest BCUT2D eigenvalue weighted by molar-refractivity contribution is 6.04. The third-order valence-electron chi connectivity index (χ3n) is 7.76. The molecule has 1 aliphatic carbocycles. The van der Waals surface area contributed by atoms with Gasteiger partial charge < -0.3 is 25.8 Å². The predicted octanol–water partition coefficient (Wildman–Crippen LogP) is 2.58. The number of anilines is 1. The molecule has 0 radical (unpaired) electrons. The number of nitrogens with one attached hydrogen (secondary N) is 2. The van der Waals surface area contributed by atoms with Gasteiger partial charge in [-0.05, 0) is 56.4 Å². The molecule has 2 aromatic carbocycles. The second-order valence-electron chi connectivity index (χ2n) is 10.2. The van der Waals surface area contributed by atoms with E-state index in [0.717, 1.165) is 11.3 Å². The van der Waals surface area contributed by atoms with Crippen molar-refractivity contribution >= 4 is 28.5 Å². The number of rotatable bonds is 7. The molecule has 38 heavy (non-hydrogen) atoms. The van der Waals surface area contributed by atoms with E-state index in [1.165, 1.54) is 0 Å². The molecule has 2 amide bonds. The van der Waals surface area contributed by atoms with E-state index in [4.69, 9.17) is 15.2 Å². The normalized spacial score (nSPS) is 21.8. The number of carbonyl (C=O) groups is 2. The van der Waals surface area contributed by atoms with Crippen LogP contribution in [0, 0.1) is 12.8 Å². The summed E-state index contributed by atoms with van der Waals surface area (Å²) in [7, 11) is 1.61. The molecule has 1 atom stereocenters. The maximum atomic E-state index is 13.8. The molecule has 1 unspecified atom stereocenters. The molecule has 202 valence electrons. The average Bonchev–Trinajstić information content (AvgIpc) is 3.21. The first-order valence-corrected chi connectivity index (χ1v) is 13.2. The van der Waals surface area contributed by atoms with Gasteiger partial charge in [0.25, 0.3) is 5.91 Å². The summed E-state index contributed by atoms with van der Waals surface area (Å²) in [6, 6.07) is 10.8. The molecule has 1 aromatic heterocycles. The van der Waals surface area contributed by atoms with Gasteiger partial charge >= 0.3 is 5.69 Å². The number of aromatic nitrogens is 2. The van der Waals surface area contributed by atoms with Crippen molar-refractivity contribution in [2.75, 3.05) is 32.2 Å². The topological polar surface area (TPSA) is 130 Å². The van der Waals surface area contributed by atoms with Crippen LogP contribution in [0.4, 0.5) is 5.69 Å². The number of morpholine rings is 1. The predicted molar refractivity (Wildman–Crippen MR) is 145 cm³/mol. The van der Waals surface area contributed by atoms with Crippen LogP contribution in [0.15, 0.2) is 41.2 Å². The molecular formula is C28H35N5O5. The first-order chi connectivity index (χ1) is 18.4. The van der Waals surface area contributed by atoms with Crippen LogP contribution < -0.4 is 26.8 Å². The number of para-hydroxylation sites is 1. The average molecular weight is 522 g/mol. The van der Waals surface area contributed by atoms with Gasteiger partial charge in [0, 0.05) is 42.8 Å². The quantitative estimate of drug-likeness (QED) is 0.438. The molecule has 3 aromatic rings. The van der Waals surface area contributed by atoms with E-state index in [-0.39, 0.29) is 29.6 Å². The molecule has 5 rings (SSSR count). The number of nitrogens with two attached hydrogens (primary N) is 1. The van der Waals surface area contributed by atoms with Crippen LogP contribution in [0.25, 0.3) is 11.0 Å². The van der Waals surface area contributed by atoms with E-state index < -0.39 is 5.91 Å². The Bertz CT molecular complexity index is 1400. The summed E-state index contributed by atoms with van der Waals surface area (Å²) in [6.45, 7) is 4.17. The highest BCUT2D eigenvalue weighted by Gasteiger charge is 2.31. The van der Waals surface area contributed by atoms with Crippen LogP contribution in [-0.4, -0.2) is 53.9 Å². The Balaban J connectivity index is 1.37. The number of hydrogen-bond donors (Lipinski definition) is 3. The summed E-state index contributed by atoms with van der Waals surface area (Å²) in [4.78, 5) is 39.1. The van der Waals surface area contributed by atoms with Gasteiger partial charge in [-0.25, -0.2) is 4.79 Å². The summed E-state index contributed by atoms with van der Waals surface area (Å²) in [6.07, 6.45) is 2.68. The van der Waals surface area contributed by atoms with Crippen LogP contribution in [-0.2, 0) is 16.1 Å². The number of carbonyl (C=O) groups excluding carboxylic acids is 2. The third kappa shape index (κ3) is 5.06. The van der Waals surface area contributed by atoms with Crippen molar-refractivity contribution in [3.63, 3.8) is 0 Å². The van der Waals surface area contributed by atoms with Crippen molar-refractivity contribution in [3.8, 4) is 5.75 Å². The highest BCUT2D eigenvalue weighted by Crippen LogP contribution is 2.35. The van der Waals surface area contributed by atoms with Gasteiger partial charge in [0.2, 0.25) is 5.91 Å². The molecule has 2 aliphatic rings. The summed E-state index contributed by atoms with van der Waals surface area (Å²) >= 11 is 0. The van der Waals surface area contributed by atoms with E-state index in [1.54, 1.807) is 28.4 Å². The molecule has 0 bridgehead atoms. The molecule has 10 nitrogen and oxygen atoms in total. The van der Waals surface area contributed by atoms with Gasteiger partial charge in [0.05, 0.1) is 36.9 Å². The largest absolute Gasteiger partial charge is 0.496 e. The summed E-state index contributed by atoms with van der Waals surface area (Å²) in [5.41, 5.74) is 8.83. The summed E-state index contributed by atoms with van der Waals surface area (Å²) in [5.74, 6) is -0.00838. The number of aryl methyl sites for hydroxylation is 1. The van der Waals surface area contributed by atoms with Crippen LogP contribution >= 0.6 is 0 Å². The molecule has 1 saturated carbocycles. The number of nitrogens with zero attached hydrogens (tertiary/aromatic N) is 2. The van der Waals surface area contributed by atoms with Crippen molar-refractivity contribution in [1.29, 1.82) is 0 Å². The third-order valence-corrected chi connectivity index (χ3v) is 7.76. The molecular weight excluding hydrogens is 486 g/mol. The fourth-order valence-corrected chi connectivity index (χ4v) is 5.75. The van der Waals surface area contributed by atoms with Gasteiger partial charge in [-0.1, -0.05) is 12.1 Å². The fourth-order valence-electron chi connectivity index (χ4n) is 5.75. The molecule has 1 aliphatic heterocycles. The molecule has 1 saturated heterocycles. The summed E-state index contributed by atoms with van der Waals surface area (Å²) in [5, 5.41) is 6.40. The van der Waals surface area contributed by atoms with Crippen molar-refractivity contribution in [1.82, 2.24) is 14.5 Å². The van der Waals surface area contributed by atoms with E-state index >= 15 is 0 Å². The summed E-state index contributed by atoms with van der Waals surface area (Å²) < 4.78 is 14.4. The Hall–Kier alpha value is -3.63. The zero-order chi connectivity index (χ0) is 26.8. The van der Waals surface area contributed by atoms with Crippen molar-refractivity contribution in [2.45, 2.75) is 51.2 Å². The lowest BCUT2D eigenvalue weighted by Crippen LogP contribution is -2.45. The Labute approximate surface area is 221 Å². The van der Waals surface area contributed by atoms with Gasteiger partial charge in [0.1, 0.15) is 5.75 Å². The lowest BCUT2D eigenvalue weighted by molar-refractivity contribution is -0.121. The SMILES string of the molecule is COc1cc(NC(=O)[C@H]2CC[C@@H](n3c(=O)n(CC4COCCN4)c4c(C(N)=O)cccc43)CC2)ccc1C. The number of primary amides is 1. The number of ether oxygens (including phenoxy) is 2. The van der Waals surface area contributed by atoms with E-state index in [0.29, 0.717) is 74.3 Å². The number of amides is 2. The Morgan fingerprint density at radius 2 is 1.97 bits per heavy atom. The minimum atomic E-state index is -0.567. The molecule has 0 spiro atoms. The van der Waals surface area contributed by atoms with Crippen LogP contribution in [0.2, 0.25) is 0 Å². The van der Waals surface area contributed by atoms with Gasteiger partial charge in [0.15, 0.2) is 0 Å². The minimum Gasteiger partial charge on any atom is -0.496 e. The Morgan fingerprint density at radius 3 is 2.66 bits per heavy atom.